The topological polar surface area (TPSA) is 65.6 Å². The summed E-state index contributed by atoms with van der Waals surface area (Å²) in [5.74, 6) is -0.0368. The first-order chi connectivity index (χ1) is 14.0. The minimum Gasteiger partial charge on any atom is -0.447 e. The Morgan fingerprint density at radius 3 is 2.79 bits per heavy atom. The van der Waals surface area contributed by atoms with E-state index in [1.54, 1.807) is 4.90 Å². The number of amides is 2. The molecule has 3 aromatic rings. The molecule has 3 heterocycles. The number of ether oxygens (including phenoxy) is 1. The van der Waals surface area contributed by atoms with Crippen LogP contribution in [0.2, 0.25) is 0 Å². The van der Waals surface area contributed by atoms with Gasteiger partial charge in [0.2, 0.25) is 0 Å². The lowest BCUT2D eigenvalue weighted by molar-refractivity contribution is 0.0372. The molecule has 6 nitrogen and oxygen atoms in total. The minimum absolute atomic E-state index is 0.0368. The van der Waals surface area contributed by atoms with Crippen molar-refractivity contribution in [3.8, 4) is 0 Å². The SMILES string of the molecule is Cc1ccc2[nH]c(C(=O)N3CCN4C(=O)OCC4(Cc4ccccc4)C3)cc2c1. The molecule has 1 aromatic heterocycles. The summed E-state index contributed by atoms with van der Waals surface area (Å²) in [4.78, 5) is 32.5. The van der Waals surface area contributed by atoms with Crippen LogP contribution < -0.4 is 0 Å². The molecule has 1 unspecified atom stereocenters. The van der Waals surface area contributed by atoms with Crippen molar-refractivity contribution in [3.05, 3.63) is 71.4 Å². The van der Waals surface area contributed by atoms with Crippen LogP contribution in [0.1, 0.15) is 21.6 Å². The summed E-state index contributed by atoms with van der Waals surface area (Å²) >= 11 is 0. The second-order valence-electron chi connectivity index (χ2n) is 8.09. The summed E-state index contributed by atoms with van der Waals surface area (Å²) < 4.78 is 5.41. The lowest BCUT2D eigenvalue weighted by Crippen LogP contribution is -2.63. The Morgan fingerprint density at radius 2 is 1.97 bits per heavy atom. The Kier molecular flexibility index (Phi) is 4.08. The highest BCUT2D eigenvalue weighted by molar-refractivity contribution is 5.98. The highest BCUT2D eigenvalue weighted by atomic mass is 16.6. The Labute approximate surface area is 169 Å². The van der Waals surface area contributed by atoms with Crippen molar-refractivity contribution in [2.75, 3.05) is 26.2 Å². The number of aromatic nitrogens is 1. The van der Waals surface area contributed by atoms with Crippen molar-refractivity contribution in [2.24, 2.45) is 0 Å². The zero-order valence-corrected chi connectivity index (χ0v) is 16.4. The second kappa shape index (κ2) is 6.65. The zero-order valence-electron chi connectivity index (χ0n) is 16.4. The van der Waals surface area contributed by atoms with E-state index in [-0.39, 0.29) is 12.0 Å². The number of nitrogens with one attached hydrogen (secondary N) is 1. The van der Waals surface area contributed by atoms with Crippen LogP contribution in [0.4, 0.5) is 4.79 Å². The number of aryl methyl sites for hydroxylation is 1. The van der Waals surface area contributed by atoms with Gasteiger partial charge in [0.05, 0.1) is 0 Å². The van der Waals surface area contributed by atoms with Crippen molar-refractivity contribution < 1.29 is 14.3 Å². The molecule has 6 heteroatoms. The number of fused-ring (bicyclic) bond motifs is 2. The number of carbonyl (C=O) groups is 2. The first-order valence-corrected chi connectivity index (χ1v) is 9.91. The average molecular weight is 389 g/mol. The fourth-order valence-corrected chi connectivity index (χ4v) is 4.55. The zero-order chi connectivity index (χ0) is 20.0. The van der Waals surface area contributed by atoms with Crippen molar-refractivity contribution >= 4 is 22.9 Å². The fourth-order valence-electron chi connectivity index (χ4n) is 4.55. The summed E-state index contributed by atoms with van der Waals surface area (Å²) in [6.07, 6.45) is 0.379. The molecular weight excluding hydrogens is 366 g/mol. The van der Waals surface area contributed by atoms with E-state index in [4.69, 9.17) is 4.74 Å². The second-order valence-corrected chi connectivity index (χ2v) is 8.09. The molecule has 2 aromatic carbocycles. The maximum absolute atomic E-state index is 13.3. The molecule has 0 saturated carbocycles. The van der Waals surface area contributed by atoms with Gasteiger partial charge in [-0.1, -0.05) is 42.0 Å². The van der Waals surface area contributed by atoms with E-state index in [1.165, 1.54) is 0 Å². The molecule has 0 radical (unpaired) electrons. The summed E-state index contributed by atoms with van der Waals surface area (Å²) in [6, 6.07) is 18.1. The number of H-pyrrole nitrogens is 1. The maximum atomic E-state index is 13.3. The normalized spacial score (nSPS) is 21.3. The van der Waals surface area contributed by atoms with Crippen LogP contribution in [0, 0.1) is 6.92 Å². The van der Waals surface area contributed by atoms with Crippen LogP contribution in [0.3, 0.4) is 0 Å². The summed E-state index contributed by atoms with van der Waals surface area (Å²) in [6.45, 7) is 3.78. The van der Waals surface area contributed by atoms with Gasteiger partial charge in [0, 0.05) is 37.0 Å². The Hall–Kier alpha value is -3.28. The van der Waals surface area contributed by atoms with Gasteiger partial charge in [-0.2, -0.15) is 0 Å². The van der Waals surface area contributed by atoms with Crippen LogP contribution in [0.15, 0.2) is 54.6 Å². The maximum Gasteiger partial charge on any atom is 0.410 e. The number of nitrogens with zero attached hydrogens (tertiary/aromatic N) is 2. The van der Waals surface area contributed by atoms with Crippen molar-refractivity contribution in [1.82, 2.24) is 14.8 Å². The third-order valence-electron chi connectivity index (χ3n) is 6.01. The number of hydrogen-bond donors (Lipinski definition) is 1. The van der Waals surface area contributed by atoms with Crippen LogP contribution in [0.5, 0.6) is 0 Å². The Balaban J connectivity index is 1.43. The quantitative estimate of drug-likeness (QED) is 0.747. The third-order valence-corrected chi connectivity index (χ3v) is 6.01. The van der Waals surface area contributed by atoms with Gasteiger partial charge in [0.15, 0.2) is 0 Å². The average Bonchev–Trinajstić information content (AvgIpc) is 3.29. The molecule has 2 saturated heterocycles. The van der Waals surface area contributed by atoms with Gasteiger partial charge in [-0.15, -0.1) is 0 Å². The predicted molar refractivity (Wildman–Crippen MR) is 110 cm³/mol. The summed E-state index contributed by atoms with van der Waals surface area (Å²) in [7, 11) is 0. The van der Waals surface area contributed by atoms with E-state index < -0.39 is 5.54 Å². The van der Waals surface area contributed by atoms with E-state index in [2.05, 4.69) is 23.2 Å². The molecule has 0 aliphatic carbocycles. The van der Waals surface area contributed by atoms with Crippen LogP contribution in [-0.4, -0.2) is 58.6 Å². The molecule has 2 aliphatic heterocycles. The molecule has 29 heavy (non-hydrogen) atoms. The van der Waals surface area contributed by atoms with Crippen LogP contribution >= 0.6 is 0 Å². The van der Waals surface area contributed by atoms with E-state index in [1.807, 2.05) is 48.2 Å². The van der Waals surface area contributed by atoms with Gasteiger partial charge in [0.25, 0.3) is 5.91 Å². The number of carbonyl (C=O) groups excluding carboxylic acids is 2. The van der Waals surface area contributed by atoms with Crippen molar-refractivity contribution in [1.29, 1.82) is 0 Å². The van der Waals surface area contributed by atoms with Crippen molar-refractivity contribution in [3.63, 3.8) is 0 Å². The summed E-state index contributed by atoms with van der Waals surface area (Å²) in [5.41, 5.74) is 3.31. The van der Waals surface area contributed by atoms with Gasteiger partial charge in [-0.3, -0.25) is 9.69 Å². The molecule has 1 N–H and O–H groups in total. The number of benzene rings is 2. The largest absolute Gasteiger partial charge is 0.447 e. The smallest absolute Gasteiger partial charge is 0.410 e. The van der Waals surface area contributed by atoms with Crippen molar-refractivity contribution in [2.45, 2.75) is 18.9 Å². The third kappa shape index (κ3) is 3.05. The van der Waals surface area contributed by atoms with Crippen LogP contribution in [0.25, 0.3) is 10.9 Å². The highest BCUT2D eigenvalue weighted by Crippen LogP contribution is 2.33. The number of rotatable bonds is 3. The molecule has 2 amide bonds. The first-order valence-electron chi connectivity index (χ1n) is 9.91. The Bertz CT molecular complexity index is 1090. The van der Waals surface area contributed by atoms with Gasteiger partial charge in [-0.25, -0.2) is 4.79 Å². The fraction of sp³-hybridized carbons (Fsp3) is 0.304. The Morgan fingerprint density at radius 1 is 1.14 bits per heavy atom. The number of piperazine rings is 1. The standard InChI is InChI=1S/C23H23N3O3/c1-16-7-8-19-18(11-16)12-20(24-19)21(27)25-9-10-26-22(28)29-15-23(26,14-25)13-17-5-3-2-4-6-17/h2-8,11-12,24H,9-10,13-15H2,1H3. The molecule has 148 valence electrons. The van der Waals surface area contributed by atoms with Gasteiger partial charge < -0.3 is 14.6 Å². The van der Waals surface area contributed by atoms with E-state index in [0.29, 0.717) is 38.4 Å². The molecule has 1 atom stereocenters. The number of hydrogen-bond acceptors (Lipinski definition) is 3. The van der Waals surface area contributed by atoms with Gasteiger partial charge in [0.1, 0.15) is 17.8 Å². The lowest BCUT2D eigenvalue weighted by atomic mass is 9.88. The van der Waals surface area contributed by atoms with E-state index in [0.717, 1.165) is 22.0 Å². The van der Waals surface area contributed by atoms with E-state index in [9.17, 15) is 9.59 Å². The number of aromatic amines is 1. The van der Waals surface area contributed by atoms with Crippen LogP contribution in [-0.2, 0) is 11.2 Å². The monoisotopic (exact) mass is 389 g/mol. The van der Waals surface area contributed by atoms with Gasteiger partial charge in [-0.05, 0) is 30.7 Å². The summed E-state index contributed by atoms with van der Waals surface area (Å²) in [5, 5.41) is 1.03. The molecule has 0 bridgehead atoms. The molecule has 5 rings (SSSR count). The molecule has 2 aliphatic rings. The predicted octanol–water partition coefficient (Wildman–Crippen LogP) is 3.37. The first kappa shape index (κ1) is 17.8. The van der Waals surface area contributed by atoms with Gasteiger partial charge >= 0.3 is 6.09 Å². The van der Waals surface area contributed by atoms with E-state index >= 15 is 0 Å². The molecule has 0 spiro atoms. The number of cyclic esters (lactones) is 1. The minimum atomic E-state index is -0.519. The lowest BCUT2D eigenvalue weighted by Gasteiger charge is -2.44. The highest BCUT2D eigenvalue weighted by Gasteiger charge is 2.51. The molecular formula is C23H23N3O3. The molecule has 2 fully saturated rings.